The van der Waals surface area contributed by atoms with E-state index in [1.165, 1.54) is 22.6 Å². The summed E-state index contributed by atoms with van der Waals surface area (Å²) in [6.45, 7) is 9.40. The van der Waals surface area contributed by atoms with E-state index in [-0.39, 0.29) is 17.2 Å². The molecule has 1 fully saturated rings. The molecule has 0 unspecified atom stereocenters. The molecule has 6 nitrogen and oxygen atoms in total. The van der Waals surface area contributed by atoms with Crippen LogP contribution < -0.4 is 20.3 Å². The van der Waals surface area contributed by atoms with Crippen molar-refractivity contribution in [2.45, 2.75) is 52.9 Å². The first-order valence-corrected chi connectivity index (χ1v) is 12.8. The summed E-state index contributed by atoms with van der Waals surface area (Å²) in [5.41, 5.74) is 2.56. The second-order valence-electron chi connectivity index (χ2n) is 10.4. The minimum atomic E-state index is -0.185. The van der Waals surface area contributed by atoms with Crippen molar-refractivity contribution in [2.24, 2.45) is 11.3 Å². The van der Waals surface area contributed by atoms with E-state index in [1.807, 2.05) is 24.3 Å². The van der Waals surface area contributed by atoms with Gasteiger partial charge in [0.25, 0.3) is 11.8 Å². The highest BCUT2D eigenvalue weighted by atomic mass is 32.1. The highest BCUT2D eigenvalue weighted by Gasteiger charge is 2.34. The largest absolute Gasteiger partial charge is 0.495 e. The Kier molecular flexibility index (Phi) is 7.10. The topological polar surface area (TPSA) is 71.9 Å². The molecular weight excluding hydrogens is 434 g/mol. The maximum Gasteiger partial charge on any atom is 0.280 e. The Bertz CT molecular complexity index is 1020. The third-order valence-electron chi connectivity index (χ3n) is 7.05. The first-order valence-electron chi connectivity index (χ1n) is 12.0. The highest BCUT2D eigenvalue weighted by Crippen LogP contribution is 2.44. The number of para-hydroxylation sites is 2. The van der Waals surface area contributed by atoms with Crippen LogP contribution in [-0.4, -0.2) is 38.6 Å². The van der Waals surface area contributed by atoms with Gasteiger partial charge < -0.3 is 20.3 Å². The molecule has 0 spiro atoms. The summed E-state index contributed by atoms with van der Waals surface area (Å²) in [6.07, 6.45) is 5.21. The van der Waals surface area contributed by atoms with Gasteiger partial charge in [-0.15, -0.1) is 11.3 Å². The lowest BCUT2D eigenvalue weighted by molar-refractivity contribution is -0.878. The molecule has 4 rings (SSSR count). The van der Waals surface area contributed by atoms with Gasteiger partial charge in [-0.2, -0.15) is 0 Å². The number of thiophene rings is 1. The molecule has 0 bridgehead atoms. The molecule has 3 N–H and O–H groups in total. The van der Waals surface area contributed by atoms with Gasteiger partial charge in [0.05, 0.1) is 31.5 Å². The van der Waals surface area contributed by atoms with E-state index < -0.39 is 0 Å². The molecule has 1 aromatic heterocycles. The molecular formula is C26H36N3O3S+. The fourth-order valence-corrected chi connectivity index (χ4v) is 6.38. The molecule has 2 aliphatic rings. The molecule has 1 saturated heterocycles. The van der Waals surface area contributed by atoms with Crippen LogP contribution >= 0.6 is 11.3 Å². The van der Waals surface area contributed by atoms with Crippen LogP contribution in [0.15, 0.2) is 24.3 Å². The van der Waals surface area contributed by atoms with Crippen molar-refractivity contribution >= 4 is 33.8 Å². The van der Waals surface area contributed by atoms with Gasteiger partial charge in [-0.1, -0.05) is 32.9 Å². The van der Waals surface area contributed by atoms with Crippen LogP contribution in [0.4, 0.5) is 10.7 Å². The molecule has 1 aromatic carbocycles. The van der Waals surface area contributed by atoms with E-state index in [9.17, 15) is 9.59 Å². The smallest absolute Gasteiger partial charge is 0.280 e. The number of carbonyl (C=O) groups is 2. The number of quaternary nitrogens is 1. The number of hydrogen-bond acceptors (Lipinski definition) is 4. The third kappa shape index (κ3) is 5.41. The van der Waals surface area contributed by atoms with Crippen LogP contribution in [0.3, 0.4) is 0 Å². The average molecular weight is 471 g/mol. The van der Waals surface area contributed by atoms with E-state index in [0.717, 1.165) is 37.9 Å². The lowest BCUT2D eigenvalue weighted by Gasteiger charge is -2.33. The first-order chi connectivity index (χ1) is 15.8. The fourth-order valence-electron chi connectivity index (χ4n) is 5.04. The molecule has 178 valence electrons. The quantitative estimate of drug-likeness (QED) is 0.602. The number of anilines is 2. The van der Waals surface area contributed by atoms with E-state index >= 15 is 0 Å². The normalized spacial score (nSPS) is 18.6. The van der Waals surface area contributed by atoms with E-state index in [2.05, 4.69) is 31.4 Å². The average Bonchev–Trinajstić information content (AvgIpc) is 3.40. The number of carbonyl (C=O) groups excluding carboxylic acids is 2. The zero-order valence-corrected chi connectivity index (χ0v) is 21.0. The van der Waals surface area contributed by atoms with Crippen LogP contribution in [0.5, 0.6) is 5.75 Å². The van der Waals surface area contributed by atoms with Crippen molar-refractivity contribution in [3.63, 3.8) is 0 Å². The lowest BCUT2D eigenvalue weighted by atomic mass is 9.72. The van der Waals surface area contributed by atoms with Crippen molar-refractivity contribution in [3.8, 4) is 5.75 Å². The zero-order chi connectivity index (χ0) is 23.6. The Labute approximate surface area is 200 Å². The fraction of sp³-hybridized carbons (Fsp3) is 0.538. The molecule has 33 heavy (non-hydrogen) atoms. The summed E-state index contributed by atoms with van der Waals surface area (Å²) < 4.78 is 5.41. The second kappa shape index (κ2) is 9.85. The Morgan fingerprint density at radius 1 is 1.15 bits per heavy atom. The molecule has 1 atom stereocenters. The number of methoxy groups -OCH3 is 1. The third-order valence-corrected chi connectivity index (χ3v) is 8.22. The standard InChI is InChI=1S/C26H35N3O3S/c1-26(2,3)17-11-12-18-21(15-17)33-25(28-22(30)16-29-13-7-8-14-29)23(18)24(31)27-19-9-5-6-10-20(19)32-4/h5-6,9-10,17H,7-8,11-16H2,1-4H3,(H,27,31)(H,28,30)/p+1/t17-/m0/s1. The lowest BCUT2D eigenvalue weighted by Crippen LogP contribution is -3.11. The number of hydrogen-bond donors (Lipinski definition) is 3. The minimum absolute atomic E-state index is 0.00999. The molecule has 2 aromatic rings. The summed E-state index contributed by atoms with van der Waals surface area (Å²) in [5, 5.41) is 6.82. The number of amides is 2. The van der Waals surface area contributed by atoms with Crippen molar-refractivity contribution in [2.75, 3.05) is 37.4 Å². The van der Waals surface area contributed by atoms with Crippen LogP contribution in [0.2, 0.25) is 0 Å². The Morgan fingerprint density at radius 2 is 1.88 bits per heavy atom. The van der Waals surface area contributed by atoms with E-state index in [1.54, 1.807) is 18.4 Å². The van der Waals surface area contributed by atoms with Crippen LogP contribution in [-0.2, 0) is 17.6 Å². The maximum absolute atomic E-state index is 13.5. The Balaban J connectivity index is 1.62. The van der Waals surface area contributed by atoms with Crippen LogP contribution in [0.25, 0.3) is 0 Å². The molecule has 1 aliphatic heterocycles. The number of fused-ring (bicyclic) bond motifs is 1. The number of ether oxygens (including phenoxy) is 1. The molecule has 7 heteroatoms. The van der Waals surface area contributed by atoms with Gasteiger partial charge in [0.15, 0.2) is 6.54 Å². The Hall–Kier alpha value is -2.38. The molecule has 0 radical (unpaired) electrons. The first kappa shape index (κ1) is 23.8. The minimum Gasteiger partial charge on any atom is -0.495 e. The van der Waals surface area contributed by atoms with E-state index in [0.29, 0.717) is 34.5 Å². The van der Waals surface area contributed by atoms with E-state index in [4.69, 9.17) is 4.74 Å². The number of nitrogens with one attached hydrogen (secondary N) is 3. The summed E-state index contributed by atoms with van der Waals surface area (Å²) in [7, 11) is 1.59. The van der Waals surface area contributed by atoms with Crippen molar-refractivity contribution in [1.82, 2.24) is 0 Å². The van der Waals surface area contributed by atoms with Gasteiger partial charge in [-0.25, -0.2) is 0 Å². The molecule has 1 aliphatic carbocycles. The molecule has 2 amide bonds. The van der Waals surface area contributed by atoms with Gasteiger partial charge >= 0.3 is 0 Å². The monoisotopic (exact) mass is 470 g/mol. The predicted molar refractivity (Wildman–Crippen MR) is 134 cm³/mol. The summed E-state index contributed by atoms with van der Waals surface area (Å²) >= 11 is 1.58. The predicted octanol–water partition coefficient (Wildman–Crippen LogP) is 3.78. The molecule has 2 heterocycles. The van der Waals surface area contributed by atoms with Crippen LogP contribution in [0.1, 0.15) is 60.8 Å². The summed E-state index contributed by atoms with van der Waals surface area (Å²) in [4.78, 5) is 28.9. The SMILES string of the molecule is COc1ccccc1NC(=O)c1c(NC(=O)C[NH+]2CCCC2)sc2c1CC[C@H](C(C)(C)C)C2. The van der Waals surface area contributed by atoms with Gasteiger partial charge in [0.2, 0.25) is 0 Å². The van der Waals surface area contributed by atoms with Gasteiger partial charge in [0.1, 0.15) is 10.8 Å². The van der Waals surface area contributed by atoms with Gasteiger partial charge in [-0.3, -0.25) is 9.59 Å². The van der Waals surface area contributed by atoms with Crippen molar-refractivity contribution in [3.05, 3.63) is 40.3 Å². The maximum atomic E-state index is 13.5. The van der Waals surface area contributed by atoms with Crippen molar-refractivity contribution in [1.29, 1.82) is 0 Å². The zero-order valence-electron chi connectivity index (χ0n) is 20.2. The number of likely N-dealkylation sites (tertiary alicyclic amines) is 1. The highest BCUT2D eigenvalue weighted by molar-refractivity contribution is 7.17. The number of benzene rings is 1. The number of rotatable bonds is 6. The van der Waals surface area contributed by atoms with Gasteiger partial charge in [0, 0.05) is 17.7 Å². The summed E-state index contributed by atoms with van der Waals surface area (Å²) in [6, 6.07) is 7.41. The Morgan fingerprint density at radius 3 is 2.58 bits per heavy atom. The molecule has 0 saturated carbocycles. The van der Waals surface area contributed by atoms with Gasteiger partial charge in [-0.05, 0) is 48.3 Å². The van der Waals surface area contributed by atoms with Crippen molar-refractivity contribution < 1.29 is 19.2 Å². The summed E-state index contributed by atoms with van der Waals surface area (Å²) in [5.74, 6) is 0.983. The van der Waals surface area contributed by atoms with Crippen LogP contribution in [0, 0.1) is 11.3 Å². The second-order valence-corrected chi connectivity index (χ2v) is 11.5.